The summed E-state index contributed by atoms with van der Waals surface area (Å²) in [7, 11) is 0. The number of rotatable bonds is 7. The molecule has 0 saturated carbocycles. The summed E-state index contributed by atoms with van der Waals surface area (Å²) in [6.07, 6.45) is -1.36. The van der Waals surface area contributed by atoms with Gasteiger partial charge >= 0.3 is 6.18 Å². The monoisotopic (exact) mass is 533 g/mol. The van der Waals surface area contributed by atoms with Gasteiger partial charge in [-0.2, -0.15) is 13.2 Å². The number of halogens is 4. The van der Waals surface area contributed by atoms with E-state index in [1.54, 1.807) is 48.5 Å². The highest BCUT2D eigenvalue weighted by Crippen LogP contribution is 2.27. The van der Waals surface area contributed by atoms with Crippen molar-refractivity contribution in [3.63, 3.8) is 0 Å². The van der Waals surface area contributed by atoms with Gasteiger partial charge in [-0.05, 0) is 56.3 Å². The van der Waals surface area contributed by atoms with E-state index >= 15 is 0 Å². The van der Waals surface area contributed by atoms with Crippen molar-refractivity contribution in [2.24, 2.45) is 10.7 Å². The fourth-order valence-electron chi connectivity index (χ4n) is 4.51. The highest BCUT2D eigenvalue weighted by atomic mass is 35.5. The van der Waals surface area contributed by atoms with Crippen LogP contribution < -0.4 is 5.73 Å². The highest BCUT2D eigenvalue weighted by Gasteiger charge is 2.32. The molecule has 2 heterocycles. The van der Waals surface area contributed by atoms with Crippen molar-refractivity contribution in [1.82, 2.24) is 14.7 Å². The third-order valence-corrected chi connectivity index (χ3v) is 7.05. The highest BCUT2D eigenvalue weighted by molar-refractivity contribution is 6.33. The van der Waals surface area contributed by atoms with Crippen molar-refractivity contribution in [2.75, 3.05) is 52.4 Å². The lowest BCUT2D eigenvalue weighted by Crippen LogP contribution is -2.50. The molecule has 2 fully saturated rings. The molecule has 2 N–H and O–H groups in total. The van der Waals surface area contributed by atoms with Crippen LogP contribution in [-0.4, -0.2) is 84.9 Å². The van der Waals surface area contributed by atoms with Gasteiger partial charge in [-0.25, -0.2) is 4.99 Å². The summed E-state index contributed by atoms with van der Waals surface area (Å²) < 4.78 is 39.4. The molecule has 0 aliphatic carbocycles. The molecule has 4 rings (SSSR count). The lowest BCUT2D eigenvalue weighted by atomic mass is 10.0. The number of allylic oxidation sites excluding steroid dienone is 2. The van der Waals surface area contributed by atoms with Crippen LogP contribution >= 0.6 is 11.6 Å². The summed E-state index contributed by atoms with van der Waals surface area (Å²) in [4.78, 5) is 24.1. The van der Waals surface area contributed by atoms with E-state index in [0.29, 0.717) is 34.9 Å². The summed E-state index contributed by atoms with van der Waals surface area (Å²) in [5.41, 5.74) is 5.17. The molecule has 0 bridgehead atoms. The average Bonchev–Trinajstić information content (AvgIpc) is 3.41. The molecule has 0 unspecified atom stereocenters. The van der Waals surface area contributed by atoms with Crippen LogP contribution in [0.25, 0.3) is 0 Å². The smallest absolute Gasteiger partial charge is 0.395 e. The molecule has 1 amide bonds. The zero-order valence-electron chi connectivity index (χ0n) is 20.6. The first-order chi connectivity index (χ1) is 17.7. The Balaban J connectivity index is 1.44. The standard InChI is InChI=1S/C27H31ClF3N5O/c28-22-5-1-2-6-23(22)33-24(19-25(32)27(29,30)31)20-7-9-21(10-8-20)26(37)36-17-15-35(16-18-36)14-13-34-11-3-4-12-34/h1-2,5-10,19H,3-4,11-18,32H2/b25-19-,33-24?. The van der Waals surface area contributed by atoms with E-state index in [1.165, 1.54) is 25.9 Å². The maximum atomic E-state index is 13.1. The number of piperazine rings is 1. The molecule has 37 heavy (non-hydrogen) atoms. The van der Waals surface area contributed by atoms with E-state index in [0.717, 1.165) is 32.3 Å². The predicted octanol–water partition coefficient (Wildman–Crippen LogP) is 4.72. The van der Waals surface area contributed by atoms with Gasteiger partial charge in [-0.15, -0.1) is 0 Å². The number of hydrogen-bond acceptors (Lipinski definition) is 5. The number of para-hydroxylation sites is 1. The summed E-state index contributed by atoms with van der Waals surface area (Å²) in [5.74, 6) is -0.0966. The Morgan fingerprint density at radius 3 is 2.05 bits per heavy atom. The van der Waals surface area contributed by atoms with Crippen molar-refractivity contribution in [3.05, 3.63) is 76.5 Å². The van der Waals surface area contributed by atoms with Crippen LogP contribution in [0.15, 0.2) is 65.3 Å². The number of likely N-dealkylation sites (tertiary alicyclic amines) is 1. The maximum absolute atomic E-state index is 13.1. The fourth-order valence-corrected chi connectivity index (χ4v) is 4.69. The van der Waals surface area contributed by atoms with Gasteiger partial charge < -0.3 is 15.5 Å². The molecule has 0 spiro atoms. The number of carbonyl (C=O) groups excluding carboxylic acids is 1. The van der Waals surface area contributed by atoms with E-state index < -0.39 is 11.9 Å². The molecule has 0 radical (unpaired) electrons. The molecular formula is C27H31ClF3N5O. The van der Waals surface area contributed by atoms with Crippen LogP contribution in [0.5, 0.6) is 0 Å². The summed E-state index contributed by atoms with van der Waals surface area (Å²) in [6.45, 7) is 7.38. The van der Waals surface area contributed by atoms with Gasteiger partial charge in [0.2, 0.25) is 0 Å². The lowest BCUT2D eigenvalue weighted by Gasteiger charge is -2.35. The van der Waals surface area contributed by atoms with Gasteiger partial charge in [0.1, 0.15) is 5.70 Å². The van der Waals surface area contributed by atoms with E-state index in [4.69, 9.17) is 17.3 Å². The molecule has 2 aliphatic rings. The van der Waals surface area contributed by atoms with E-state index in [1.807, 2.05) is 4.90 Å². The molecule has 2 aromatic rings. The number of nitrogens with zero attached hydrogens (tertiary/aromatic N) is 4. The van der Waals surface area contributed by atoms with Crippen LogP contribution in [-0.2, 0) is 0 Å². The SMILES string of the molecule is N/C(=C\C(=Nc1ccccc1Cl)c1ccc(C(=O)N2CCN(CCN3CCCC3)CC2)cc1)C(F)(F)F. The minimum absolute atomic E-state index is 0.00598. The van der Waals surface area contributed by atoms with E-state index in [2.05, 4.69) is 14.8 Å². The Kier molecular flexibility index (Phi) is 8.89. The number of carbonyl (C=O) groups is 1. The maximum Gasteiger partial charge on any atom is 0.430 e. The molecule has 2 aromatic carbocycles. The van der Waals surface area contributed by atoms with Crippen molar-refractivity contribution in [2.45, 2.75) is 19.0 Å². The number of benzene rings is 2. The van der Waals surface area contributed by atoms with Gasteiger partial charge in [0, 0.05) is 50.4 Å². The third kappa shape index (κ3) is 7.34. The van der Waals surface area contributed by atoms with Crippen LogP contribution in [0, 0.1) is 0 Å². The number of hydrogen-bond donors (Lipinski definition) is 1. The van der Waals surface area contributed by atoms with Crippen molar-refractivity contribution in [3.8, 4) is 0 Å². The molecule has 10 heteroatoms. The number of amides is 1. The Morgan fingerprint density at radius 2 is 1.46 bits per heavy atom. The number of aliphatic imine (C=N–C) groups is 1. The molecule has 6 nitrogen and oxygen atoms in total. The predicted molar refractivity (Wildman–Crippen MR) is 140 cm³/mol. The Labute approximate surface area is 220 Å². The fraction of sp³-hybridized carbons (Fsp3) is 0.407. The normalized spacial score (nSPS) is 18.4. The van der Waals surface area contributed by atoms with Gasteiger partial charge in [-0.3, -0.25) is 9.69 Å². The summed E-state index contributed by atoms with van der Waals surface area (Å²) >= 11 is 6.16. The first kappa shape index (κ1) is 27.2. The van der Waals surface area contributed by atoms with Gasteiger partial charge in [-0.1, -0.05) is 35.9 Å². The summed E-state index contributed by atoms with van der Waals surface area (Å²) in [5, 5.41) is 0.297. The van der Waals surface area contributed by atoms with E-state index in [9.17, 15) is 18.0 Å². The first-order valence-corrected chi connectivity index (χ1v) is 12.8. The molecule has 0 atom stereocenters. The Morgan fingerprint density at radius 1 is 0.892 bits per heavy atom. The third-order valence-electron chi connectivity index (χ3n) is 6.73. The zero-order chi connectivity index (χ0) is 26.4. The number of alkyl halides is 3. The van der Waals surface area contributed by atoms with Crippen LogP contribution in [0.4, 0.5) is 18.9 Å². The van der Waals surface area contributed by atoms with Gasteiger partial charge in [0.15, 0.2) is 0 Å². The van der Waals surface area contributed by atoms with E-state index in [-0.39, 0.29) is 11.6 Å². The quantitative estimate of drug-likeness (QED) is 0.523. The molecular weight excluding hydrogens is 503 g/mol. The van der Waals surface area contributed by atoms with Crippen molar-refractivity contribution < 1.29 is 18.0 Å². The molecule has 2 aliphatic heterocycles. The minimum atomic E-state index is -4.70. The van der Waals surface area contributed by atoms with Gasteiger partial charge in [0.25, 0.3) is 5.91 Å². The van der Waals surface area contributed by atoms with Crippen LogP contribution in [0.3, 0.4) is 0 Å². The van der Waals surface area contributed by atoms with Crippen molar-refractivity contribution in [1.29, 1.82) is 0 Å². The largest absolute Gasteiger partial charge is 0.430 e. The Bertz CT molecular complexity index is 1140. The molecule has 2 saturated heterocycles. The lowest BCUT2D eigenvalue weighted by molar-refractivity contribution is -0.0925. The second-order valence-electron chi connectivity index (χ2n) is 9.31. The van der Waals surface area contributed by atoms with Crippen LogP contribution in [0.2, 0.25) is 5.02 Å². The van der Waals surface area contributed by atoms with Crippen molar-refractivity contribution >= 4 is 28.9 Å². The second-order valence-corrected chi connectivity index (χ2v) is 9.71. The minimum Gasteiger partial charge on any atom is -0.395 e. The van der Waals surface area contributed by atoms with Gasteiger partial charge in [0.05, 0.1) is 16.4 Å². The topological polar surface area (TPSA) is 65.2 Å². The first-order valence-electron chi connectivity index (χ1n) is 12.4. The molecule has 198 valence electrons. The number of nitrogens with two attached hydrogens (primary N) is 1. The average molecular weight is 534 g/mol. The Hall–Kier alpha value is -2.88. The second kappa shape index (κ2) is 12.1. The van der Waals surface area contributed by atoms with Crippen LogP contribution in [0.1, 0.15) is 28.8 Å². The summed E-state index contributed by atoms with van der Waals surface area (Å²) in [6, 6.07) is 13.0. The molecule has 0 aromatic heterocycles. The zero-order valence-corrected chi connectivity index (χ0v) is 21.3.